The van der Waals surface area contributed by atoms with Gasteiger partial charge in [0.15, 0.2) is 0 Å². The van der Waals surface area contributed by atoms with E-state index in [2.05, 4.69) is 65.0 Å². The molecule has 0 saturated heterocycles. The lowest BCUT2D eigenvalue weighted by molar-refractivity contribution is -0.0135. The number of amides is 2. The van der Waals surface area contributed by atoms with Crippen molar-refractivity contribution in [2.45, 2.75) is 57.5 Å². The van der Waals surface area contributed by atoms with Crippen LogP contribution in [0.15, 0.2) is 54.9 Å². The number of fused-ring (bicyclic) bond motifs is 1. The van der Waals surface area contributed by atoms with Crippen molar-refractivity contribution in [3.63, 3.8) is 0 Å². The van der Waals surface area contributed by atoms with Gasteiger partial charge in [-0.05, 0) is 96.9 Å². The summed E-state index contributed by atoms with van der Waals surface area (Å²) in [6.45, 7) is 2.65. The summed E-state index contributed by atoms with van der Waals surface area (Å²) in [4.78, 5) is 17.3. The van der Waals surface area contributed by atoms with Gasteiger partial charge in [-0.1, -0.05) is 36.4 Å². The largest absolute Gasteiger partial charge is 0.334 e. The molecule has 4 fully saturated rings. The van der Waals surface area contributed by atoms with Gasteiger partial charge in [0.25, 0.3) is 0 Å². The van der Waals surface area contributed by atoms with Crippen LogP contribution in [0.1, 0.15) is 49.7 Å². The molecule has 7 rings (SSSR count). The predicted molar refractivity (Wildman–Crippen MR) is 128 cm³/mol. The lowest BCUT2D eigenvalue weighted by Crippen LogP contribution is -2.61. The fraction of sp³-hybridized carbons (Fsp3) is 0.429. The van der Waals surface area contributed by atoms with Gasteiger partial charge in [0.1, 0.15) is 0 Å². The molecule has 0 spiro atoms. The van der Waals surface area contributed by atoms with E-state index in [0.717, 1.165) is 28.7 Å². The molecule has 2 N–H and O–H groups in total. The zero-order chi connectivity index (χ0) is 21.7. The molecule has 4 bridgehead atoms. The van der Waals surface area contributed by atoms with E-state index in [1.165, 1.54) is 60.6 Å². The molecule has 0 aliphatic heterocycles. The van der Waals surface area contributed by atoms with E-state index in [1.807, 2.05) is 12.4 Å². The van der Waals surface area contributed by atoms with Gasteiger partial charge in [-0.15, -0.1) is 0 Å². The number of carbonyl (C=O) groups is 1. The topological polar surface area (TPSA) is 54.0 Å². The molecule has 0 atom stereocenters. The second-order valence-electron chi connectivity index (χ2n) is 10.5. The minimum absolute atomic E-state index is 0.0213. The van der Waals surface area contributed by atoms with Gasteiger partial charge in [-0.3, -0.25) is 4.98 Å². The van der Waals surface area contributed by atoms with Crippen LogP contribution < -0.4 is 10.6 Å². The first kappa shape index (κ1) is 19.8. The molecule has 4 nitrogen and oxygen atoms in total. The Labute approximate surface area is 189 Å². The fourth-order valence-electron chi connectivity index (χ4n) is 7.24. The van der Waals surface area contributed by atoms with Gasteiger partial charge in [-0.25, -0.2) is 4.79 Å². The second-order valence-corrected chi connectivity index (χ2v) is 10.5. The van der Waals surface area contributed by atoms with Crippen molar-refractivity contribution < 1.29 is 4.79 Å². The number of pyridine rings is 1. The van der Waals surface area contributed by atoms with Crippen molar-refractivity contribution in [3.05, 3.63) is 66.0 Å². The zero-order valence-corrected chi connectivity index (χ0v) is 18.7. The molecule has 1 heterocycles. The van der Waals surface area contributed by atoms with Crippen LogP contribution in [0.2, 0.25) is 0 Å². The quantitative estimate of drug-likeness (QED) is 0.540. The van der Waals surface area contributed by atoms with E-state index < -0.39 is 0 Å². The van der Waals surface area contributed by atoms with Gasteiger partial charge in [0.05, 0.1) is 0 Å². The Bertz CT molecular complexity index is 1150. The highest BCUT2D eigenvalue weighted by Crippen LogP contribution is 2.55. The van der Waals surface area contributed by atoms with Crippen molar-refractivity contribution in [2.24, 2.45) is 17.8 Å². The number of urea groups is 1. The van der Waals surface area contributed by atoms with E-state index in [4.69, 9.17) is 0 Å². The summed E-state index contributed by atoms with van der Waals surface area (Å²) >= 11 is 0. The second kappa shape index (κ2) is 7.61. The molecule has 2 amide bonds. The molecule has 4 aliphatic rings. The summed E-state index contributed by atoms with van der Waals surface area (Å²) < 4.78 is 0. The molecule has 0 radical (unpaired) electrons. The third kappa shape index (κ3) is 3.46. The van der Waals surface area contributed by atoms with Crippen molar-refractivity contribution in [2.75, 3.05) is 0 Å². The van der Waals surface area contributed by atoms with Crippen LogP contribution in [0.5, 0.6) is 0 Å². The number of nitrogens with one attached hydrogen (secondary N) is 2. The first-order chi connectivity index (χ1) is 15.6. The van der Waals surface area contributed by atoms with Gasteiger partial charge in [0.2, 0.25) is 0 Å². The molecule has 1 aromatic heterocycles. The number of hydrogen-bond acceptors (Lipinski definition) is 2. The highest BCUT2D eigenvalue weighted by atomic mass is 16.2. The number of carbonyl (C=O) groups excluding carboxylic acids is 1. The Kier molecular flexibility index (Phi) is 4.71. The maximum absolute atomic E-state index is 12.9. The fourth-order valence-corrected chi connectivity index (χ4v) is 7.24. The van der Waals surface area contributed by atoms with Gasteiger partial charge in [-0.2, -0.15) is 0 Å². The summed E-state index contributed by atoms with van der Waals surface area (Å²) in [5.74, 6) is 2.47. The predicted octanol–water partition coefficient (Wildman–Crippen LogP) is 5.98. The Morgan fingerprint density at radius 3 is 2.38 bits per heavy atom. The maximum atomic E-state index is 12.9. The molecule has 3 aromatic rings. The molecule has 32 heavy (non-hydrogen) atoms. The average molecular weight is 426 g/mol. The van der Waals surface area contributed by atoms with Crippen molar-refractivity contribution in [1.29, 1.82) is 0 Å². The van der Waals surface area contributed by atoms with Gasteiger partial charge >= 0.3 is 6.03 Å². The molecular formula is C28H31N3O. The van der Waals surface area contributed by atoms with E-state index in [1.54, 1.807) is 0 Å². The van der Waals surface area contributed by atoms with Gasteiger partial charge < -0.3 is 10.6 Å². The number of aryl methyl sites for hydroxylation is 1. The Morgan fingerprint density at radius 1 is 0.938 bits per heavy atom. The lowest BCUT2D eigenvalue weighted by atomic mass is 9.53. The van der Waals surface area contributed by atoms with E-state index >= 15 is 0 Å². The average Bonchev–Trinajstić information content (AvgIpc) is 2.77. The van der Waals surface area contributed by atoms with Crippen molar-refractivity contribution in [3.8, 4) is 11.1 Å². The Morgan fingerprint density at radius 2 is 1.66 bits per heavy atom. The zero-order valence-electron chi connectivity index (χ0n) is 18.7. The van der Waals surface area contributed by atoms with Crippen molar-refractivity contribution >= 4 is 16.8 Å². The summed E-state index contributed by atoms with van der Waals surface area (Å²) in [7, 11) is 0. The molecule has 164 valence electrons. The summed E-state index contributed by atoms with van der Waals surface area (Å²) in [5, 5.41) is 8.86. The number of nitrogens with zero attached hydrogens (tertiary/aromatic N) is 1. The number of aromatic nitrogens is 1. The number of rotatable bonds is 4. The molecule has 2 aromatic carbocycles. The van der Waals surface area contributed by atoms with Crippen molar-refractivity contribution in [1.82, 2.24) is 15.6 Å². The lowest BCUT2D eigenvalue weighted by Gasteiger charge is -2.56. The third-order valence-electron chi connectivity index (χ3n) is 8.20. The normalized spacial score (nSPS) is 28.1. The van der Waals surface area contributed by atoms with Gasteiger partial charge in [0, 0.05) is 29.9 Å². The third-order valence-corrected chi connectivity index (χ3v) is 8.20. The summed E-state index contributed by atoms with van der Waals surface area (Å²) in [6.07, 6.45) is 11.4. The first-order valence-corrected chi connectivity index (χ1v) is 12.1. The molecule has 4 aliphatic carbocycles. The van der Waals surface area contributed by atoms with E-state index in [-0.39, 0.29) is 11.6 Å². The smallest absolute Gasteiger partial charge is 0.315 e. The first-order valence-electron chi connectivity index (χ1n) is 12.1. The molecular weight excluding hydrogens is 394 g/mol. The van der Waals surface area contributed by atoms with Crippen LogP contribution in [-0.2, 0) is 6.54 Å². The van der Waals surface area contributed by atoms with Crippen LogP contribution in [-0.4, -0.2) is 16.6 Å². The molecule has 0 unspecified atom stereocenters. The minimum atomic E-state index is -0.0213. The highest BCUT2D eigenvalue weighted by molar-refractivity contribution is 5.98. The van der Waals surface area contributed by atoms with Crippen LogP contribution in [0.25, 0.3) is 21.9 Å². The molecule has 4 heteroatoms. The Hall–Kier alpha value is -2.88. The number of hydrogen-bond donors (Lipinski definition) is 2. The van der Waals surface area contributed by atoms with E-state index in [9.17, 15) is 4.79 Å². The van der Waals surface area contributed by atoms with Crippen LogP contribution >= 0.6 is 0 Å². The number of benzene rings is 2. The highest BCUT2D eigenvalue weighted by Gasteiger charge is 2.51. The SMILES string of the molecule is Cc1ccccc1-c1ccc(CNC(=O)NC23CC4CC(CC(C4)C2)C3)c2cnccc12. The molecule has 4 saturated carbocycles. The minimum Gasteiger partial charge on any atom is -0.334 e. The summed E-state index contributed by atoms with van der Waals surface area (Å²) in [5.41, 5.74) is 4.85. The van der Waals surface area contributed by atoms with Crippen LogP contribution in [0, 0.1) is 24.7 Å². The monoisotopic (exact) mass is 425 g/mol. The standard InChI is InChI=1S/C28H31N3O/c1-18-4-2-3-5-23(18)24-7-6-22(26-17-29-9-8-25(24)26)16-30-27(32)31-28-13-19-10-20(14-28)12-21(11-19)15-28/h2-9,17,19-21H,10-16H2,1H3,(H2,30,31,32). The van der Waals surface area contributed by atoms with Crippen LogP contribution in [0.4, 0.5) is 4.79 Å². The van der Waals surface area contributed by atoms with E-state index in [0.29, 0.717) is 6.54 Å². The Balaban J connectivity index is 1.21. The maximum Gasteiger partial charge on any atom is 0.315 e. The summed E-state index contributed by atoms with van der Waals surface area (Å²) in [6, 6.07) is 14.8. The van der Waals surface area contributed by atoms with Crippen LogP contribution in [0.3, 0.4) is 0 Å².